The van der Waals surface area contributed by atoms with Crippen LogP contribution in [0.2, 0.25) is 0 Å². The van der Waals surface area contributed by atoms with Gasteiger partial charge in [-0.3, -0.25) is 0 Å². The number of benzene rings is 1. The highest BCUT2D eigenvalue weighted by molar-refractivity contribution is 5.64. The Balaban J connectivity index is 2.02. The topological polar surface area (TPSA) is 51.4 Å². The third kappa shape index (κ3) is 2.59. The zero-order valence-electron chi connectivity index (χ0n) is 12.6. The van der Waals surface area contributed by atoms with Crippen molar-refractivity contribution < 1.29 is 4.74 Å². The van der Waals surface area contributed by atoms with E-state index in [1.165, 1.54) is 17.7 Å². The summed E-state index contributed by atoms with van der Waals surface area (Å²) in [5.74, 6) is 1.79. The highest BCUT2D eigenvalue weighted by Gasteiger charge is 2.18. The number of nitrogens with zero attached hydrogens (tertiary/aromatic N) is 2. The Bertz CT molecular complexity index is 654. The molecule has 4 heteroatoms. The van der Waals surface area contributed by atoms with Crippen LogP contribution >= 0.6 is 0 Å². The molecule has 0 fully saturated rings. The molecule has 0 saturated heterocycles. The van der Waals surface area contributed by atoms with E-state index >= 15 is 0 Å². The second kappa shape index (κ2) is 5.74. The van der Waals surface area contributed by atoms with E-state index in [2.05, 4.69) is 17.0 Å². The Morgan fingerprint density at radius 1 is 1.29 bits per heavy atom. The van der Waals surface area contributed by atoms with Crippen LogP contribution in [0.25, 0.3) is 0 Å². The van der Waals surface area contributed by atoms with Gasteiger partial charge in [0.15, 0.2) is 0 Å². The molecule has 4 nitrogen and oxygen atoms in total. The minimum Gasteiger partial charge on any atom is -0.497 e. The van der Waals surface area contributed by atoms with E-state index in [1.54, 1.807) is 7.11 Å². The average Bonchev–Trinajstić information content (AvgIpc) is 3.00. The van der Waals surface area contributed by atoms with Crippen LogP contribution in [0.15, 0.2) is 30.3 Å². The largest absolute Gasteiger partial charge is 0.497 e. The lowest BCUT2D eigenvalue weighted by Gasteiger charge is -2.22. The van der Waals surface area contributed by atoms with Crippen LogP contribution in [-0.4, -0.2) is 19.1 Å². The van der Waals surface area contributed by atoms with Crippen molar-refractivity contribution in [3.63, 3.8) is 0 Å². The van der Waals surface area contributed by atoms with Crippen molar-refractivity contribution in [2.75, 3.05) is 19.1 Å². The van der Waals surface area contributed by atoms with Crippen molar-refractivity contribution in [2.45, 2.75) is 25.8 Å². The van der Waals surface area contributed by atoms with E-state index < -0.39 is 0 Å². The van der Waals surface area contributed by atoms with Gasteiger partial charge in [-0.25, -0.2) is 4.98 Å². The van der Waals surface area contributed by atoms with Gasteiger partial charge < -0.3 is 15.4 Å². The monoisotopic (exact) mass is 283 g/mol. The number of nitrogens with two attached hydrogens (primary N) is 1. The number of aromatic nitrogens is 1. The predicted octanol–water partition coefficient (Wildman–Crippen LogP) is 2.81. The van der Waals surface area contributed by atoms with Crippen LogP contribution in [0.5, 0.6) is 5.75 Å². The van der Waals surface area contributed by atoms with Gasteiger partial charge in [0.2, 0.25) is 0 Å². The molecule has 1 aromatic heterocycles. The van der Waals surface area contributed by atoms with Gasteiger partial charge in [-0.2, -0.15) is 0 Å². The Morgan fingerprint density at radius 2 is 2.14 bits per heavy atom. The summed E-state index contributed by atoms with van der Waals surface area (Å²) in [6.07, 6.45) is 3.39. The van der Waals surface area contributed by atoms with Crippen LogP contribution in [0, 0.1) is 0 Å². The number of aryl methyl sites for hydroxylation is 2. The summed E-state index contributed by atoms with van der Waals surface area (Å²) in [6, 6.07) is 10.2. The van der Waals surface area contributed by atoms with Gasteiger partial charge in [0.05, 0.1) is 7.11 Å². The molecule has 0 radical (unpaired) electrons. The number of ether oxygens (including phenoxy) is 1. The Morgan fingerprint density at radius 3 is 2.90 bits per heavy atom. The number of hydrogen-bond donors (Lipinski definition) is 1. The summed E-state index contributed by atoms with van der Waals surface area (Å²) < 4.78 is 5.30. The summed E-state index contributed by atoms with van der Waals surface area (Å²) in [6.45, 7) is 0.504. The normalized spacial score (nSPS) is 13.1. The number of anilines is 2. The van der Waals surface area contributed by atoms with Crippen molar-refractivity contribution in [1.82, 2.24) is 4.98 Å². The maximum absolute atomic E-state index is 5.93. The Labute approximate surface area is 125 Å². The van der Waals surface area contributed by atoms with E-state index in [9.17, 15) is 0 Å². The van der Waals surface area contributed by atoms with Gasteiger partial charge >= 0.3 is 0 Å². The van der Waals surface area contributed by atoms with Crippen LogP contribution in [0.1, 0.15) is 23.2 Å². The smallest absolute Gasteiger partial charge is 0.137 e. The Kier molecular flexibility index (Phi) is 3.80. The number of methoxy groups -OCH3 is 1. The van der Waals surface area contributed by atoms with E-state index in [1.807, 2.05) is 25.2 Å². The fourth-order valence-corrected chi connectivity index (χ4v) is 2.89. The first-order valence-electron chi connectivity index (χ1n) is 7.32. The van der Waals surface area contributed by atoms with Gasteiger partial charge in [-0.15, -0.1) is 0 Å². The molecule has 1 heterocycles. The third-order valence-electron chi connectivity index (χ3n) is 4.09. The van der Waals surface area contributed by atoms with Gasteiger partial charge in [0, 0.05) is 36.6 Å². The second-order valence-electron chi connectivity index (χ2n) is 5.40. The molecule has 0 spiro atoms. The van der Waals surface area contributed by atoms with Gasteiger partial charge in [0.25, 0.3) is 0 Å². The lowest BCUT2D eigenvalue weighted by molar-refractivity contribution is 0.415. The molecule has 0 saturated carbocycles. The maximum atomic E-state index is 5.93. The van der Waals surface area contributed by atoms with E-state index in [0.717, 1.165) is 35.7 Å². The fourth-order valence-electron chi connectivity index (χ4n) is 2.89. The number of pyridine rings is 1. The molecule has 0 amide bonds. The summed E-state index contributed by atoms with van der Waals surface area (Å²) in [5, 5.41) is 0. The van der Waals surface area contributed by atoms with Crippen molar-refractivity contribution >= 4 is 11.5 Å². The first-order chi connectivity index (χ1) is 10.2. The van der Waals surface area contributed by atoms with Crippen LogP contribution < -0.4 is 15.4 Å². The number of fused-ring (bicyclic) bond motifs is 1. The molecule has 0 bridgehead atoms. The van der Waals surface area contributed by atoms with Crippen LogP contribution in [0.3, 0.4) is 0 Å². The zero-order chi connectivity index (χ0) is 14.8. The predicted molar refractivity (Wildman–Crippen MR) is 85.2 cm³/mol. The average molecular weight is 283 g/mol. The lowest BCUT2D eigenvalue weighted by atomic mass is 10.1. The first-order valence-corrected chi connectivity index (χ1v) is 7.32. The number of hydrogen-bond acceptors (Lipinski definition) is 4. The van der Waals surface area contributed by atoms with Gasteiger partial charge in [-0.05, 0) is 43.0 Å². The van der Waals surface area contributed by atoms with E-state index in [-0.39, 0.29) is 0 Å². The van der Waals surface area contributed by atoms with E-state index in [0.29, 0.717) is 6.54 Å². The van der Waals surface area contributed by atoms with Gasteiger partial charge in [-0.1, -0.05) is 6.07 Å². The second-order valence-corrected chi connectivity index (χ2v) is 5.40. The molecule has 0 atom stereocenters. The van der Waals surface area contributed by atoms with Crippen molar-refractivity contribution in [3.8, 4) is 5.75 Å². The maximum Gasteiger partial charge on any atom is 0.137 e. The molecule has 2 aromatic rings. The minimum atomic E-state index is 0.504. The summed E-state index contributed by atoms with van der Waals surface area (Å²) in [7, 11) is 3.70. The molecule has 0 unspecified atom stereocenters. The Hall–Kier alpha value is -2.07. The van der Waals surface area contributed by atoms with Crippen LogP contribution in [-0.2, 0) is 19.4 Å². The SMILES string of the molecule is COc1cccc(N(C)c2nc3c(cc2CN)CCC3)c1. The highest BCUT2D eigenvalue weighted by Crippen LogP contribution is 2.31. The van der Waals surface area contributed by atoms with Crippen molar-refractivity contribution in [3.05, 3.63) is 47.2 Å². The molecule has 1 aliphatic carbocycles. The third-order valence-corrected chi connectivity index (χ3v) is 4.09. The standard InChI is InChI=1S/C17H21N3O/c1-20(14-6-4-7-15(10-14)21-2)17-13(11-18)9-12-5-3-8-16(12)19-17/h4,6-7,9-10H,3,5,8,11,18H2,1-2H3. The molecule has 2 N–H and O–H groups in total. The molecular formula is C17H21N3O. The van der Waals surface area contributed by atoms with Crippen molar-refractivity contribution in [1.29, 1.82) is 0 Å². The lowest BCUT2D eigenvalue weighted by Crippen LogP contribution is -2.16. The van der Waals surface area contributed by atoms with Gasteiger partial charge in [0.1, 0.15) is 11.6 Å². The fraction of sp³-hybridized carbons (Fsp3) is 0.353. The minimum absolute atomic E-state index is 0.504. The quantitative estimate of drug-likeness (QED) is 0.937. The van der Waals surface area contributed by atoms with Crippen LogP contribution in [0.4, 0.5) is 11.5 Å². The molecule has 21 heavy (non-hydrogen) atoms. The summed E-state index contributed by atoms with van der Waals surface area (Å²) >= 11 is 0. The molecule has 1 aromatic carbocycles. The molecule has 110 valence electrons. The number of rotatable bonds is 4. The molecular weight excluding hydrogens is 262 g/mol. The highest BCUT2D eigenvalue weighted by atomic mass is 16.5. The first kappa shape index (κ1) is 13.9. The zero-order valence-corrected chi connectivity index (χ0v) is 12.6. The van der Waals surface area contributed by atoms with E-state index in [4.69, 9.17) is 15.5 Å². The summed E-state index contributed by atoms with van der Waals surface area (Å²) in [4.78, 5) is 6.95. The molecule has 1 aliphatic rings. The van der Waals surface area contributed by atoms with Crippen molar-refractivity contribution in [2.24, 2.45) is 5.73 Å². The molecule has 3 rings (SSSR count). The summed E-state index contributed by atoms with van der Waals surface area (Å²) in [5.41, 5.74) is 10.7. The molecule has 0 aliphatic heterocycles.